The van der Waals surface area contributed by atoms with E-state index in [1.54, 1.807) is 12.4 Å². The van der Waals surface area contributed by atoms with Gasteiger partial charge in [-0.2, -0.15) is 5.26 Å². The molecule has 0 atom stereocenters. The van der Waals surface area contributed by atoms with E-state index in [0.717, 1.165) is 44.2 Å². The molecule has 0 radical (unpaired) electrons. The molecule has 154 valence electrons. The molecule has 3 nitrogen and oxygen atoms in total. The number of pyridine rings is 1. The second-order valence-electron chi connectivity index (χ2n) is 8.04. The number of hydrogen-bond acceptors (Lipinski definition) is 3. The highest BCUT2D eigenvalue weighted by atomic mass is 16.3. The smallest absolute Gasteiger partial charge is 0.135 e. The Morgan fingerprint density at radius 1 is 0.545 bits per heavy atom. The molecule has 0 fully saturated rings. The highest BCUT2D eigenvalue weighted by Gasteiger charge is 2.10. The maximum absolute atomic E-state index is 9.13. The number of aromatic nitrogens is 1. The Hall–Kier alpha value is -4.68. The van der Waals surface area contributed by atoms with E-state index in [-0.39, 0.29) is 0 Å². The summed E-state index contributed by atoms with van der Waals surface area (Å²) in [7, 11) is 0. The summed E-state index contributed by atoms with van der Waals surface area (Å²) in [5, 5.41) is 11.4. The fraction of sp³-hybridized carbons (Fsp3) is 0. The van der Waals surface area contributed by atoms with Crippen LogP contribution >= 0.6 is 0 Å². The Kier molecular flexibility index (Phi) is 4.49. The molecule has 0 aliphatic rings. The van der Waals surface area contributed by atoms with Crippen LogP contribution in [0, 0.1) is 11.3 Å². The lowest BCUT2D eigenvalue weighted by molar-refractivity contribution is 0.669. The molecule has 0 amide bonds. The van der Waals surface area contributed by atoms with Crippen LogP contribution in [0.4, 0.5) is 0 Å². The van der Waals surface area contributed by atoms with Crippen molar-refractivity contribution < 1.29 is 4.42 Å². The standard InChI is InChI=1S/C30H18N2O/c31-17-20-14-26(19-32-18-20)23-8-6-22(7-9-23)25-11-13-30-28(16-25)27-15-24(10-12-29(27)33-30)21-4-2-1-3-5-21/h1-16,18-19H. The Balaban J connectivity index is 1.41. The molecule has 6 aromatic rings. The molecule has 0 N–H and O–H groups in total. The quantitative estimate of drug-likeness (QED) is 0.292. The van der Waals surface area contributed by atoms with Gasteiger partial charge in [0.1, 0.15) is 17.2 Å². The van der Waals surface area contributed by atoms with Gasteiger partial charge in [0.05, 0.1) is 5.56 Å². The summed E-state index contributed by atoms with van der Waals surface area (Å²) in [5.74, 6) is 0. The largest absolute Gasteiger partial charge is 0.456 e. The molecular formula is C30H18N2O. The molecule has 4 aromatic carbocycles. The monoisotopic (exact) mass is 422 g/mol. The van der Waals surface area contributed by atoms with E-state index < -0.39 is 0 Å². The van der Waals surface area contributed by atoms with Crippen molar-refractivity contribution in [3.05, 3.63) is 115 Å². The molecule has 0 bridgehead atoms. The molecule has 2 heterocycles. The number of furan rings is 1. The first-order chi connectivity index (χ1) is 16.3. The van der Waals surface area contributed by atoms with Gasteiger partial charge in [-0.05, 0) is 58.1 Å². The molecule has 6 rings (SSSR count). The topological polar surface area (TPSA) is 49.8 Å². The van der Waals surface area contributed by atoms with Crippen LogP contribution in [-0.4, -0.2) is 4.98 Å². The van der Waals surface area contributed by atoms with Gasteiger partial charge in [-0.1, -0.05) is 66.7 Å². The molecule has 0 saturated carbocycles. The van der Waals surface area contributed by atoms with Gasteiger partial charge in [-0.3, -0.25) is 4.98 Å². The third kappa shape index (κ3) is 3.44. The minimum atomic E-state index is 0.559. The predicted octanol–water partition coefficient (Wildman–Crippen LogP) is 7.85. The number of nitriles is 1. The highest BCUT2D eigenvalue weighted by molar-refractivity contribution is 6.07. The minimum absolute atomic E-state index is 0.559. The summed E-state index contributed by atoms with van der Waals surface area (Å²) in [4.78, 5) is 4.17. The van der Waals surface area contributed by atoms with Crippen LogP contribution in [-0.2, 0) is 0 Å². The zero-order valence-electron chi connectivity index (χ0n) is 17.7. The summed E-state index contributed by atoms with van der Waals surface area (Å²) in [6.07, 6.45) is 3.36. The first-order valence-electron chi connectivity index (χ1n) is 10.8. The first-order valence-corrected chi connectivity index (χ1v) is 10.8. The van der Waals surface area contributed by atoms with Gasteiger partial charge in [-0.25, -0.2) is 0 Å². The number of rotatable bonds is 3. The minimum Gasteiger partial charge on any atom is -0.456 e. The maximum Gasteiger partial charge on any atom is 0.135 e. The van der Waals surface area contributed by atoms with Crippen molar-refractivity contribution >= 4 is 21.9 Å². The first kappa shape index (κ1) is 19.0. The van der Waals surface area contributed by atoms with Crippen molar-refractivity contribution in [1.82, 2.24) is 4.98 Å². The SMILES string of the molecule is N#Cc1cncc(-c2ccc(-c3ccc4oc5ccc(-c6ccccc6)cc5c4c3)cc2)c1. The molecule has 0 aliphatic carbocycles. The average Bonchev–Trinajstić information content (AvgIpc) is 3.26. The van der Waals surface area contributed by atoms with E-state index in [2.05, 4.69) is 89.9 Å². The Bertz CT molecular complexity index is 1660. The van der Waals surface area contributed by atoms with Crippen molar-refractivity contribution in [1.29, 1.82) is 5.26 Å². The molecule has 33 heavy (non-hydrogen) atoms. The normalized spacial score (nSPS) is 11.0. The van der Waals surface area contributed by atoms with Crippen LogP contribution in [0.5, 0.6) is 0 Å². The lowest BCUT2D eigenvalue weighted by atomic mass is 9.98. The predicted molar refractivity (Wildman–Crippen MR) is 133 cm³/mol. The van der Waals surface area contributed by atoms with E-state index in [1.807, 2.05) is 18.2 Å². The van der Waals surface area contributed by atoms with Crippen LogP contribution in [0.3, 0.4) is 0 Å². The van der Waals surface area contributed by atoms with Crippen molar-refractivity contribution in [2.45, 2.75) is 0 Å². The zero-order chi connectivity index (χ0) is 22.2. The third-order valence-electron chi connectivity index (χ3n) is 6.00. The molecule has 0 spiro atoms. The van der Waals surface area contributed by atoms with Crippen LogP contribution < -0.4 is 0 Å². The van der Waals surface area contributed by atoms with Crippen molar-refractivity contribution in [3.8, 4) is 39.4 Å². The molecule has 3 heteroatoms. The number of nitrogens with zero attached hydrogens (tertiary/aromatic N) is 2. The van der Waals surface area contributed by atoms with Crippen LogP contribution in [0.1, 0.15) is 5.56 Å². The van der Waals surface area contributed by atoms with Gasteiger partial charge in [0.15, 0.2) is 0 Å². The van der Waals surface area contributed by atoms with Crippen molar-refractivity contribution in [2.75, 3.05) is 0 Å². The Morgan fingerprint density at radius 2 is 1.09 bits per heavy atom. The summed E-state index contributed by atoms with van der Waals surface area (Å²) < 4.78 is 6.10. The van der Waals surface area contributed by atoms with Crippen LogP contribution in [0.15, 0.2) is 114 Å². The number of fused-ring (bicyclic) bond motifs is 3. The van der Waals surface area contributed by atoms with Gasteiger partial charge in [-0.15, -0.1) is 0 Å². The number of benzene rings is 4. The van der Waals surface area contributed by atoms with Crippen LogP contribution in [0.25, 0.3) is 55.3 Å². The van der Waals surface area contributed by atoms with Crippen molar-refractivity contribution in [2.24, 2.45) is 0 Å². The summed E-state index contributed by atoms with van der Waals surface area (Å²) in [5.41, 5.74) is 8.92. The van der Waals surface area contributed by atoms with Gasteiger partial charge < -0.3 is 4.42 Å². The van der Waals surface area contributed by atoms with E-state index in [1.165, 1.54) is 11.1 Å². The zero-order valence-corrected chi connectivity index (χ0v) is 17.7. The van der Waals surface area contributed by atoms with E-state index in [9.17, 15) is 0 Å². The molecule has 0 unspecified atom stereocenters. The summed E-state index contributed by atoms with van der Waals surface area (Å²) >= 11 is 0. The Morgan fingerprint density at radius 3 is 1.70 bits per heavy atom. The van der Waals surface area contributed by atoms with Gasteiger partial charge >= 0.3 is 0 Å². The lowest BCUT2D eigenvalue weighted by Gasteiger charge is -2.06. The Labute approximate surface area is 191 Å². The summed E-state index contributed by atoms with van der Waals surface area (Å²) in [6.45, 7) is 0. The van der Waals surface area contributed by atoms with Crippen molar-refractivity contribution in [3.63, 3.8) is 0 Å². The molecule has 0 aliphatic heterocycles. The average molecular weight is 422 g/mol. The van der Waals surface area contributed by atoms with Gasteiger partial charge in [0, 0.05) is 28.7 Å². The molecular weight excluding hydrogens is 404 g/mol. The van der Waals surface area contributed by atoms with E-state index >= 15 is 0 Å². The van der Waals surface area contributed by atoms with Crippen LogP contribution in [0.2, 0.25) is 0 Å². The van der Waals surface area contributed by atoms with E-state index in [0.29, 0.717) is 5.56 Å². The second kappa shape index (κ2) is 7.78. The van der Waals surface area contributed by atoms with E-state index in [4.69, 9.17) is 9.68 Å². The molecule has 2 aromatic heterocycles. The fourth-order valence-electron chi connectivity index (χ4n) is 4.28. The lowest BCUT2D eigenvalue weighted by Crippen LogP contribution is -1.84. The summed E-state index contributed by atoms with van der Waals surface area (Å²) in [6, 6.07) is 35.4. The van der Waals surface area contributed by atoms with Gasteiger partial charge in [0.2, 0.25) is 0 Å². The fourth-order valence-corrected chi connectivity index (χ4v) is 4.28. The highest BCUT2D eigenvalue weighted by Crippen LogP contribution is 2.35. The van der Waals surface area contributed by atoms with Gasteiger partial charge in [0.25, 0.3) is 0 Å². The second-order valence-corrected chi connectivity index (χ2v) is 8.04. The maximum atomic E-state index is 9.13. The number of hydrogen-bond donors (Lipinski definition) is 0. The third-order valence-corrected chi connectivity index (χ3v) is 6.00. The molecule has 0 saturated heterocycles.